The Kier molecular flexibility index (Phi) is 4.86. The van der Waals surface area contributed by atoms with Crippen molar-refractivity contribution in [1.82, 2.24) is 10.3 Å². The van der Waals surface area contributed by atoms with Crippen molar-refractivity contribution in [2.24, 2.45) is 5.84 Å². The van der Waals surface area contributed by atoms with Crippen molar-refractivity contribution in [2.75, 3.05) is 26.4 Å². The molecule has 0 spiro atoms. The highest BCUT2D eigenvalue weighted by Gasteiger charge is 2.22. The number of nitrogens with zero attached hydrogens (tertiary/aromatic N) is 1. The quantitative estimate of drug-likeness (QED) is 0.387. The SMILES string of the molecule is NNC(=O)c1cccc(CN2CCOCC2CO)c1. The van der Waals surface area contributed by atoms with E-state index in [4.69, 9.17) is 10.6 Å². The van der Waals surface area contributed by atoms with E-state index in [2.05, 4.69) is 10.3 Å². The molecule has 6 heteroatoms. The van der Waals surface area contributed by atoms with Gasteiger partial charge >= 0.3 is 0 Å². The molecule has 1 aromatic rings. The number of benzene rings is 1. The Labute approximate surface area is 112 Å². The molecule has 19 heavy (non-hydrogen) atoms. The number of hydrazine groups is 1. The van der Waals surface area contributed by atoms with Crippen molar-refractivity contribution < 1.29 is 14.6 Å². The molecule has 1 fully saturated rings. The van der Waals surface area contributed by atoms with Crippen LogP contribution in [0.15, 0.2) is 24.3 Å². The smallest absolute Gasteiger partial charge is 0.265 e. The van der Waals surface area contributed by atoms with Gasteiger partial charge in [-0.15, -0.1) is 0 Å². The topological polar surface area (TPSA) is 87.8 Å². The monoisotopic (exact) mass is 265 g/mol. The van der Waals surface area contributed by atoms with E-state index in [1.165, 1.54) is 0 Å². The van der Waals surface area contributed by atoms with E-state index in [1.54, 1.807) is 6.07 Å². The van der Waals surface area contributed by atoms with Crippen LogP contribution in [0.25, 0.3) is 0 Å². The molecule has 2 rings (SSSR count). The Hall–Kier alpha value is -1.47. The molecule has 6 nitrogen and oxygen atoms in total. The van der Waals surface area contributed by atoms with Gasteiger partial charge in [0, 0.05) is 18.7 Å². The van der Waals surface area contributed by atoms with Gasteiger partial charge in [-0.2, -0.15) is 0 Å². The van der Waals surface area contributed by atoms with Gasteiger partial charge in [0.15, 0.2) is 0 Å². The molecule has 0 bridgehead atoms. The molecule has 1 aliphatic heterocycles. The van der Waals surface area contributed by atoms with Crippen molar-refractivity contribution in [1.29, 1.82) is 0 Å². The summed E-state index contributed by atoms with van der Waals surface area (Å²) in [5, 5.41) is 9.32. The zero-order chi connectivity index (χ0) is 13.7. The number of aliphatic hydroxyl groups excluding tert-OH is 1. The maximum absolute atomic E-state index is 11.5. The maximum atomic E-state index is 11.5. The largest absolute Gasteiger partial charge is 0.395 e. The van der Waals surface area contributed by atoms with Gasteiger partial charge in [0.25, 0.3) is 5.91 Å². The van der Waals surface area contributed by atoms with Crippen LogP contribution in [0.2, 0.25) is 0 Å². The minimum Gasteiger partial charge on any atom is -0.395 e. The molecule has 1 saturated heterocycles. The van der Waals surface area contributed by atoms with Crippen LogP contribution in [0.5, 0.6) is 0 Å². The summed E-state index contributed by atoms with van der Waals surface area (Å²) in [7, 11) is 0. The highest BCUT2D eigenvalue weighted by Crippen LogP contribution is 2.13. The van der Waals surface area contributed by atoms with Crippen molar-refractivity contribution >= 4 is 5.91 Å². The third-order valence-corrected chi connectivity index (χ3v) is 3.27. The lowest BCUT2D eigenvalue weighted by atomic mass is 10.1. The molecule has 0 saturated carbocycles. The summed E-state index contributed by atoms with van der Waals surface area (Å²) < 4.78 is 5.34. The lowest BCUT2D eigenvalue weighted by Gasteiger charge is -2.34. The summed E-state index contributed by atoms with van der Waals surface area (Å²) >= 11 is 0. The molecule has 4 N–H and O–H groups in total. The van der Waals surface area contributed by atoms with Gasteiger partial charge in [-0.05, 0) is 17.7 Å². The zero-order valence-corrected chi connectivity index (χ0v) is 10.7. The minimum absolute atomic E-state index is 0.0146. The van der Waals surface area contributed by atoms with Gasteiger partial charge < -0.3 is 9.84 Å². The summed E-state index contributed by atoms with van der Waals surface area (Å²) in [6.45, 7) is 2.74. The normalized spacial score (nSPS) is 20.2. The van der Waals surface area contributed by atoms with Crippen LogP contribution in [0, 0.1) is 0 Å². The number of hydrogen-bond donors (Lipinski definition) is 3. The fourth-order valence-electron chi connectivity index (χ4n) is 2.19. The molecule has 104 valence electrons. The van der Waals surface area contributed by atoms with Crippen LogP contribution in [-0.2, 0) is 11.3 Å². The number of amides is 1. The van der Waals surface area contributed by atoms with Crippen molar-refractivity contribution in [3.8, 4) is 0 Å². The Bertz CT molecular complexity index is 439. The molecular weight excluding hydrogens is 246 g/mol. The van der Waals surface area contributed by atoms with Gasteiger partial charge in [0.2, 0.25) is 0 Å². The van der Waals surface area contributed by atoms with Gasteiger partial charge in [-0.25, -0.2) is 5.84 Å². The van der Waals surface area contributed by atoms with Crippen LogP contribution < -0.4 is 11.3 Å². The van der Waals surface area contributed by atoms with Gasteiger partial charge in [-0.3, -0.25) is 15.1 Å². The molecule has 0 radical (unpaired) electrons. The van der Waals surface area contributed by atoms with E-state index in [9.17, 15) is 9.90 Å². The second-order valence-corrected chi connectivity index (χ2v) is 4.56. The number of nitrogens with two attached hydrogens (primary N) is 1. The molecule has 0 aromatic heterocycles. The number of nitrogen functional groups attached to an aromatic ring is 1. The average molecular weight is 265 g/mol. The third kappa shape index (κ3) is 3.51. The molecule has 1 aromatic carbocycles. The minimum atomic E-state index is -0.303. The number of morpholine rings is 1. The summed E-state index contributed by atoms with van der Waals surface area (Å²) in [5.41, 5.74) is 3.67. The zero-order valence-electron chi connectivity index (χ0n) is 10.7. The second kappa shape index (κ2) is 6.63. The number of nitrogens with one attached hydrogen (secondary N) is 1. The first-order chi connectivity index (χ1) is 9.24. The molecule has 1 aliphatic rings. The standard InChI is InChI=1S/C13H19N3O3/c14-15-13(18)11-3-1-2-10(6-11)7-16-4-5-19-9-12(16)8-17/h1-3,6,12,17H,4-5,7-9,14H2,(H,15,18). The molecule has 1 unspecified atom stereocenters. The lowest BCUT2D eigenvalue weighted by Crippen LogP contribution is -2.46. The van der Waals surface area contributed by atoms with E-state index in [0.717, 1.165) is 12.1 Å². The number of rotatable bonds is 4. The Morgan fingerprint density at radius 3 is 3.16 bits per heavy atom. The highest BCUT2D eigenvalue weighted by molar-refractivity contribution is 5.93. The third-order valence-electron chi connectivity index (χ3n) is 3.27. The number of carbonyl (C=O) groups is 1. The van der Waals surface area contributed by atoms with Gasteiger partial charge in [0.1, 0.15) is 0 Å². The van der Waals surface area contributed by atoms with Crippen LogP contribution in [0.3, 0.4) is 0 Å². The highest BCUT2D eigenvalue weighted by atomic mass is 16.5. The molecule has 1 amide bonds. The number of ether oxygens (including phenoxy) is 1. The summed E-state index contributed by atoms with van der Waals surface area (Å²) in [6.07, 6.45) is 0. The van der Waals surface area contributed by atoms with Crippen molar-refractivity contribution in [3.63, 3.8) is 0 Å². The van der Waals surface area contributed by atoms with E-state index < -0.39 is 0 Å². The van der Waals surface area contributed by atoms with Crippen molar-refractivity contribution in [3.05, 3.63) is 35.4 Å². The first kappa shape index (κ1) is 14.0. The summed E-state index contributed by atoms with van der Waals surface area (Å²) in [5.74, 6) is 4.82. The number of aliphatic hydroxyl groups is 1. The summed E-state index contributed by atoms with van der Waals surface area (Å²) in [4.78, 5) is 13.6. The maximum Gasteiger partial charge on any atom is 0.265 e. The molecule has 1 heterocycles. The lowest BCUT2D eigenvalue weighted by molar-refractivity contribution is -0.0312. The fraction of sp³-hybridized carbons (Fsp3) is 0.462. The van der Waals surface area contributed by atoms with Gasteiger partial charge in [0.05, 0.1) is 25.9 Å². The van der Waals surface area contributed by atoms with E-state index >= 15 is 0 Å². The van der Waals surface area contributed by atoms with E-state index in [0.29, 0.717) is 25.3 Å². The first-order valence-electron chi connectivity index (χ1n) is 6.27. The molecular formula is C13H19N3O3. The molecule has 1 atom stereocenters. The fourth-order valence-corrected chi connectivity index (χ4v) is 2.19. The predicted octanol–water partition coefficient (Wildman–Crippen LogP) is -0.517. The average Bonchev–Trinajstić information content (AvgIpc) is 2.47. The van der Waals surface area contributed by atoms with Crippen LogP contribution in [0.1, 0.15) is 15.9 Å². The van der Waals surface area contributed by atoms with Crippen LogP contribution in [-0.4, -0.2) is 48.3 Å². The number of hydrogen-bond acceptors (Lipinski definition) is 5. The predicted molar refractivity (Wildman–Crippen MR) is 70.2 cm³/mol. The van der Waals surface area contributed by atoms with Crippen LogP contribution >= 0.6 is 0 Å². The van der Waals surface area contributed by atoms with E-state index in [-0.39, 0.29) is 18.6 Å². The van der Waals surface area contributed by atoms with Crippen molar-refractivity contribution in [2.45, 2.75) is 12.6 Å². The van der Waals surface area contributed by atoms with E-state index in [1.807, 2.05) is 18.2 Å². The Morgan fingerprint density at radius 2 is 2.42 bits per heavy atom. The van der Waals surface area contributed by atoms with Gasteiger partial charge in [-0.1, -0.05) is 12.1 Å². The van der Waals surface area contributed by atoms with Crippen LogP contribution in [0.4, 0.5) is 0 Å². The second-order valence-electron chi connectivity index (χ2n) is 4.56. The summed E-state index contributed by atoms with van der Waals surface area (Å²) in [6, 6.07) is 7.33. The first-order valence-corrected chi connectivity index (χ1v) is 6.27. The number of carbonyl (C=O) groups excluding carboxylic acids is 1. The Morgan fingerprint density at radius 1 is 1.58 bits per heavy atom. The Balaban J connectivity index is 2.07. The molecule has 0 aliphatic carbocycles.